The summed E-state index contributed by atoms with van der Waals surface area (Å²) in [5.41, 5.74) is 0.201. The van der Waals surface area contributed by atoms with Crippen molar-refractivity contribution in [2.45, 2.75) is 140 Å². The predicted octanol–water partition coefficient (Wildman–Crippen LogP) is 5.99. The van der Waals surface area contributed by atoms with Crippen LogP contribution >= 0.6 is 25.8 Å². The summed E-state index contributed by atoms with van der Waals surface area (Å²) in [4.78, 5) is 48.5. The second-order valence-corrected chi connectivity index (χ2v) is 33.7. The molecule has 24 heteroatoms. The number of thiol groups is 1. The number of hydrogen-bond donors (Lipinski definition) is 4. The van der Waals surface area contributed by atoms with Crippen LogP contribution in [0.15, 0.2) is 34.4 Å². The van der Waals surface area contributed by atoms with E-state index in [1.165, 1.54) is 12.5 Å². The van der Waals surface area contributed by atoms with Gasteiger partial charge in [-0.15, -0.1) is 0 Å². The number of fused-ring (bicyclic) bond motifs is 3. The molecule has 2 unspecified atom stereocenters. The molecule has 3 aromatic heterocycles. The number of rotatable bonds is 6. The predicted molar refractivity (Wildman–Crippen MR) is 232 cm³/mol. The molecule has 7 rings (SSSR count). The second kappa shape index (κ2) is 16.2. The fourth-order valence-electron chi connectivity index (χ4n) is 7.17. The third-order valence-corrected chi connectivity index (χ3v) is 24.5. The molecular weight excluding hydrogens is 879 g/mol. The highest BCUT2D eigenvalue weighted by Crippen LogP contribution is 2.59. The van der Waals surface area contributed by atoms with Gasteiger partial charge in [0.2, 0.25) is 0 Å². The Bertz CT molecular complexity index is 2280. The van der Waals surface area contributed by atoms with Crippen LogP contribution in [0.5, 0.6) is 0 Å². The lowest BCUT2D eigenvalue weighted by atomic mass is 10.1. The first-order valence-electron chi connectivity index (χ1n) is 19.7. The maximum absolute atomic E-state index is 14.6. The van der Waals surface area contributed by atoms with Crippen LogP contribution in [-0.4, -0.2) is 102 Å². The molecule has 328 valence electrons. The molecule has 0 amide bonds. The Morgan fingerprint density at radius 3 is 2.22 bits per heavy atom. The van der Waals surface area contributed by atoms with Gasteiger partial charge in [-0.3, -0.25) is 27.9 Å². The van der Waals surface area contributed by atoms with Crippen molar-refractivity contribution in [3.63, 3.8) is 0 Å². The van der Waals surface area contributed by atoms with Crippen molar-refractivity contribution in [2.75, 3.05) is 25.1 Å². The highest BCUT2D eigenvalue weighted by Gasteiger charge is 2.57. The molecule has 0 aromatic carbocycles. The average molecular weight is 935 g/mol. The number of aryl methyl sites for hydroxylation is 1. The van der Waals surface area contributed by atoms with Crippen LogP contribution in [0, 0.1) is 0 Å². The fourth-order valence-corrected chi connectivity index (χ4v) is 12.7. The lowest BCUT2D eigenvalue weighted by molar-refractivity contribution is -0.0614. The summed E-state index contributed by atoms with van der Waals surface area (Å²) in [6.45, 7) is 12.0. The van der Waals surface area contributed by atoms with E-state index in [2.05, 4.69) is 66.4 Å². The topological polar surface area (TPSA) is 209 Å². The minimum Gasteiger partial charge on any atom is -0.408 e. The summed E-state index contributed by atoms with van der Waals surface area (Å²) in [5.74, 6) is 0.713. The molecule has 3 N–H and O–H groups in total. The smallest absolute Gasteiger partial charge is 0.386 e. The van der Waals surface area contributed by atoms with E-state index in [0.717, 1.165) is 41.0 Å². The Kier molecular flexibility index (Phi) is 12.5. The van der Waals surface area contributed by atoms with Crippen LogP contribution < -0.4 is 16.6 Å². The SMILES string of the molecule is CC(C)(C)[Si](C)(C)O[C@@H]1[C@@H]2OP(=O)(S)OC[C@H]3O[C@@H](n4ccc(=O)[nH]c4=O)[C@H](OP(O)(=S)OC[C@H]2O[C@H]1n1cc2c4c(ncnc41)NCCC2)[C@@H]3O[Si](C)(C)C(C)(C)C. The maximum atomic E-state index is 14.6. The molecule has 3 fully saturated rings. The van der Waals surface area contributed by atoms with Gasteiger partial charge in [0, 0.05) is 25.0 Å². The third kappa shape index (κ3) is 9.24. The van der Waals surface area contributed by atoms with E-state index >= 15 is 0 Å². The van der Waals surface area contributed by atoms with Crippen molar-refractivity contribution < 1.29 is 45.9 Å². The van der Waals surface area contributed by atoms with E-state index < -0.39 is 104 Å². The average Bonchev–Trinajstić information content (AvgIpc) is 3.68. The Hall–Kier alpha value is -1.60. The zero-order valence-corrected chi connectivity index (χ0v) is 40.4. The number of ether oxygens (including phenoxy) is 2. The summed E-state index contributed by atoms with van der Waals surface area (Å²) in [6.07, 6.45) is -2.30. The third-order valence-electron chi connectivity index (χ3n) is 12.4. The molecule has 4 aliphatic rings. The molecule has 18 nitrogen and oxygen atoms in total. The van der Waals surface area contributed by atoms with E-state index in [9.17, 15) is 19.0 Å². The number of aromatic amines is 1. The first kappa shape index (κ1) is 45.4. The van der Waals surface area contributed by atoms with Crippen molar-refractivity contribution in [3.8, 4) is 0 Å². The Morgan fingerprint density at radius 2 is 1.56 bits per heavy atom. The van der Waals surface area contributed by atoms with Gasteiger partial charge in [0.15, 0.2) is 29.1 Å². The summed E-state index contributed by atoms with van der Waals surface area (Å²) in [5, 5.41) is 3.68. The highest BCUT2D eigenvalue weighted by molar-refractivity contribution is 8.44. The Morgan fingerprint density at radius 1 is 0.915 bits per heavy atom. The zero-order valence-electron chi connectivity index (χ0n) is 34.9. The van der Waals surface area contributed by atoms with Gasteiger partial charge in [-0.2, -0.15) is 0 Å². The van der Waals surface area contributed by atoms with E-state index in [4.69, 9.17) is 48.2 Å². The quantitative estimate of drug-likeness (QED) is 0.127. The molecule has 7 heterocycles. The van der Waals surface area contributed by atoms with Gasteiger partial charge in [0.25, 0.3) is 5.56 Å². The standard InChI is InChI=1S/C35H56N6O12P2S2Si2/c1-34(2,3)58(7,8)52-26-22-18-47-54(44,56)50-25-21(17-46-55(45,57)51-27(26)31(49-22)40-15-13-23(42)39-33(40)43)48-32(28(25)53-59(9,10)35(4,5)6)41-16-20-12-11-14-36-29-24(20)30(41)38-19-37-29/h13,15-16,19,21-22,25-28,31-32H,11-12,14,17-18H2,1-10H3,(H,44,56)(H,45,57)(H,36,37,38)(H,39,42,43)/t21-,22-,25-,26-,27-,28-,31-,32-,54?,55?/m1/s1. The molecule has 2 bridgehead atoms. The monoisotopic (exact) mass is 934 g/mol. The molecule has 3 aromatic rings. The molecule has 0 spiro atoms. The summed E-state index contributed by atoms with van der Waals surface area (Å²) in [6, 6.07) is 1.15. The molecule has 0 saturated carbocycles. The fraction of sp³-hybridized carbons (Fsp3) is 0.714. The lowest BCUT2D eigenvalue weighted by Crippen LogP contribution is -2.50. The van der Waals surface area contributed by atoms with Crippen molar-refractivity contribution >= 4 is 71.1 Å². The van der Waals surface area contributed by atoms with Gasteiger partial charge >= 0.3 is 19.2 Å². The van der Waals surface area contributed by atoms with Gasteiger partial charge in [-0.25, -0.2) is 19.3 Å². The first-order valence-corrected chi connectivity index (χ1v) is 30.8. The lowest BCUT2D eigenvalue weighted by Gasteiger charge is -2.41. The molecule has 4 aliphatic heterocycles. The van der Waals surface area contributed by atoms with Gasteiger partial charge in [-0.1, -0.05) is 53.8 Å². The largest absolute Gasteiger partial charge is 0.408 e. The van der Waals surface area contributed by atoms with E-state index in [0.29, 0.717) is 11.5 Å². The molecule has 0 aliphatic carbocycles. The number of nitrogens with zero attached hydrogens (tertiary/aromatic N) is 4. The van der Waals surface area contributed by atoms with Gasteiger partial charge in [0.1, 0.15) is 54.4 Å². The molecular formula is C35H56N6O12P2S2Si2. The number of hydrogen-bond acceptors (Lipinski definition) is 15. The zero-order chi connectivity index (χ0) is 43.1. The van der Waals surface area contributed by atoms with Crippen molar-refractivity contribution in [1.29, 1.82) is 0 Å². The van der Waals surface area contributed by atoms with E-state index in [1.807, 2.05) is 44.6 Å². The molecule has 10 atom stereocenters. The minimum absolute atomic E-state index is 0.263. The first-order chi connectivity index (χ1) is 27.3. The number of nitrogens with one attached hydrogen (secondary N) is 2. The summed E-state index contributed by atoms with van der Waals surface area (Å²) >= 11 is 10.2. The maximum Gasteiger partial charge on any atom is 0.386 e. The molecule has 0 radical (unpaired) electrons. The van der Waals surface area contributed by atoms with E-state index in [-0.39, 0.29) is 10.1 Å². The van der Waals surface area contributed by atoms with Crippen LogP contribution in [0.4, 0.5) is 5.82 Å². The van der Waals surface area contributed by atoms with Crippen molar-refractivity contribution in [3.05, 3.63) is 51.2 Å². The van der Waals surface area contributed by atoms with Crippen molar-refractivity contribution in [1.82, 2.24) is 24.1 Å². The summed E-state index contributed by atoms with van der Waals surface area (Å²) in [7, 11) is -5.31. The Labute approximate surface area is 355 Å². The van der Waals surface area contributed by atoms with Gasteiger partial charge in [0.05, 0.1) is 18.6 Å². The van der Waals surface area contributed by atoms with E-state index in [1.54, 1.807) is 0 Å². The van der Waals surface area contributed by atoms with Gasteiger partial charge < -0.3 is 37.6 Å². The van der Waals surface area contributed by atoms with Crippen LogP contribution in [0.2, 0.25) is 36.3 Å². The molecule has 3 saturated heterocycles. The second-order valence-electron chi connectivity index (χ2n) is 18.5. The number of aromatic nitrogens is 5. The highest BCUT2D eigenvalue weighted by atomic mass is 32.7. The van der Waals surface area contributed by atoms with Crippen molar-refractivity contribution in [2.24, 2.45) is 0 Å². The van der Waals surface area contributed by atoms with Crippen LogP contribution in [0.25, 0.3) is 11.0 Å². The van der Waals surface area contributed by atoms with Gasteiger partial charge in [-0.05, 0) is 66.5 Å². The Balaban J connectivity index is 1.31. The van der Waals surface area contributed by atoms with Crippen LogP contribution in [-0.2, 0) is 59.2 Å². The molecule has 59 heavy (non-hydrogen) atoms. The minimum atomic E-state index is -4.33. The van der Waals surface area contributed by atoms with Crippen LogP contribution in [0.1, 0.15) is 66.0 Å². The number of H-pyrrole nitrogens is 1. The van der Waals surface area contributed by atoms with Crippen LogP contribution in [0.3, 0.4) is 0 Å². The normalized spacial score (nSPS) is 33.7. The number of anilines is 1. The summed E-state index contributed by atoms with van der Waals surface area (Å²) < 4.78 is 69.7.